The summed E-state index contributed by atoms with van der Waals surface area (Å²) >= 11 is 0. The van der Waals surface area contributed by atoms with Gasteiger partial charge in [-0.15, -0.1) is 0 Å². The largest absolute Gasteiger partial charge is 0.378 e. The molecular formula is C19H32O4S. The lowest BCUT2D eigenvalue weighted by Gasteiger charge is -2.22. The smallest absolute Gasteiger partial charge is 0.297 e. The van der Waals surface area contributed by atoms with Crippen LogP contribution < -0.4 is 0 Å². The minimum atomic E-state index is -3.70. The summed E-state index contributed by atoms with van der Waals surface area (Å²) in [5.74, 6) is 0. The van der Waals surface area contributed by atoms with Gasteiger partial charge < -0.3 is 4.74 Å². The molecule has 0 atom stereocenters. The third kappa shape index (κ3) is 7.77. The highest BCUT2D eigenvalue weighted by Crippen LogP contribution is 2.19. The summed E-state index contributed by atoms with van der Waals surface area (Å²) in [6.45, 7) is 9.42. The summed E-state index contributed by atoms with van der Waals surface area (Å²) in [6.07, 6.45) is 5.49. The molecule has 0 aromatic heterocycles. The Morgan fingerprint density at radius 3 is 2.25 bits per heavy atom. The van der Waals surface area contributed by atoms with E-state index in [-0.39, 0.29) is 23.5 Å². The van der Waals surface area contributed by atoms with Gasteiger partial charge in [-0.1, -0.05) is 52.7 Å². The van der Waals surface area contributed by atoms with Crippen LogP contribution >= 0.6 is 0 Å². The molecule has 0 spiro atoms. The fourth-order valence-corrected chi connectivity index (χ4v) is 3.02. The summed E-state index contributed by atoms with van der Waals surface area (Å²) in [4.78, 5) is 0.204. The average molecular weight is 357 g/mol. The summed E-state index contributed by atoms with van der Waals surface area (Å²) < 4.78 is 34.8. The lowest BCUT2D eigenvalue weighted by Crippen LogP contribution is -2.20. The van der Waals surface area contributed by atoms with Crippen molar-refractivity contribution >= 4 is 10.1 Å². The van der Waals surface area contributed by atoms with Crippen LogP contribution in [0.1, 0.15) is 58.9 Å². The Morgan fingerprint density at radius 1 is 1.00 bits per heavy atom. The zero-order valence-electron chi connectivity index (χ0n) is 15.5. The van der Waals surface area contributed by atoms with E-state index >= 15 is 0 Å². The summed E-state index contributed by atoms with van der Waals surface area (Å²) in [5, 5.41) is 0. The number of hydrogen-bond acceptors (Lipinski definition) is 4. The van der Waals surface area contributed by atoms with Crippen LogP contribution in [0, 0.1) is 5.41 Å². The van der Waals surface area contributed by atoms with Gasteiger partial charge in [-0.3, -0.25) is 4.18 Å². The highest BCUT2D eigenvalue weighted by Gasteiger charge is 2.17. The normalized spacial score (nSPS) is 12.5. The van der Waals surface area contributed by atoms with Crippen molar-refractivity contribution in [3.63, 3.8) is 0 Å². The van der Waals surface area contributed by atoms with Crippen molar-refractivity contribution in [2.45, 2.75) is 64.7 Å². The van der Waals surface area contributed by atoms with Gasteiger partial charge in [0.1, 0.15) is 0 Å². The van der Waals surface area contributed by atoms with Crippen molar-refractivity contribution < 1.29 is 17.3 Å². The number of unbranched alkanes of at least 4 members (excludes halogenated alkanes) is 2. The summed E-state index contributed by atoms with van der Waals surface area (Å²) in [7, 11) is -3.70. The van der Waals surface area contributed by atoms with Gasteiger partial charge in [0.15, 0.2) is 0 Å². The second-order valence-electron chi connectivity index (χ2n) is 6.95. The maximum Gasteiger partial charge on any atom is 0.297 e. The van der Waals surface area contributed by atoms with E-state index in [1.165, 1.54) is 12.8 Å². The average Bonchev–Trinajstić information content (AvgIpc) is 2.55. The van der Waals surface area contributed by atoms with Crippen molar-refractivity contribution in [3.8, 4) is 0 Å². The first-order valence-electron chi connectivity index (χ1n) is 8.87. The van der Waals surface area contributed by atoms with Gasteiger partial charge in [0.25, 0.3) is 10.1 Å². The Balaban J connectivity index is 2.42. The van der Waals surface area contributed by atoms with Gasteiger partial charge >= 0.3 is 0 Å². The van der Waals surface area contributed by atoms with Gasteiger partial charge in [-0.2, -0.15) is 8.42 Å². The molecule has 0 heterocycles. The van der Waals surface area contributed by atoms with Crippen LogP contribution in [-0.4, -0.2) is 28.2 Å². The molecule has 1 rings (SSSR count). The van der Waals surface area contributed by atoms with E-state index in [4.69, 9.17) is 8.92 Å². The summed E-state index contributed by atoms with van der Waals surface area (Å²) in [6, 6.07) is 6.98. The quantitative estimate of drug-likeness (QED) is 0.406. The second-order valence-corrected chi connectivity index (χ2v) is 8.56. The number of ether oxygens (including phenoxy) is 1. The van der Waals surface area contributed by atoms with Crippen LogP contribution in [0.4, 0.5) is 0 Å². The van der Waals surface area contributed by atoms with Crippen molar-refractivity contribution in [1.82, 2.24) is 0 Å². The first-order valence-corrected chi connectivity index (χ1v) is 10.3. The van der Waals surface area contributed by atoms with Crippen LogP contribution in [0.2, 0.25) is 0 Å². The monoisotopic (exact) mass is 356 g/mol. The molecule has 1 aromatic rings. The molecule has 0 fully saturated rings. The Bertz CT molecular complexity index is 562. The topological polar surface area (TPSA) is 52.6 Å². The predicted molar refractivity (Wildman–Crippen MR) is 97.7 cm³/mol. The van der Waals surface area contributed by atoms with Gasteiger partial charge in [-0.05, 0) is 42.4 Å². The first kappa shape index (κ1) is 21.1. The Morgan fingerprint density at radius 2 is 1.67 bits per heavy atom. The van der Waals surface area contributed by atoms with Gasteiger partial charge in [0.2, 0.25) is 0 Å². The molecule has 0 saturated heterocycles. The van der Waals surface area contributed by atoms with E-state index in [9.17, 15) is 8.42 Å². The molecule has 0 saturated carbocycles. The van der Waals surface area contributed by atoms with Gasteiger partial charge in [-0.25, -0.2) is 0 Å². The molecule has 4 nitrogen and oxygen atoms in total. The molecule has 0 N–H and O–H groups in total. The standard InChI is InChI=1S/C19H32O4S/c1-5-7-8-9-17-10-12-18(13-11-17)24(20,21)23-15-14-22-16-19(3,4)6-2/h10-13H,5-9,14-16H2,1-4H3. The summed E-state index contributed by atoms with van der Waals surface area (Å²) in [5.41, 5.74) is 1.26. The predicted octanol–water partition coefficient (Wildman–Crippen LogP) is 4.58. The first-order chi connectivity index (χ1) is 11.3. The van der Waals surface area contributed by atoms with E-state index in [2.05, 4.69) is 27.7 Å². The highest BCUT2D eigenvalue weighted by atomic mass is 32.2. The molecular weight excluding hydrogens is 324 g/mol. The van der Waals surface area contributed by atoms with Crippen molar-refractivity contribution in [1.29, 1.82) is 0 Å². The third-order valence-electron chi connectivity index (χ3n) is 4.20. The lowest BCUT2D eigenvalue weighted by atomic mass is 9.92. The van der Waals surface area contributed by atoms with Crippen LogP contribution in [0.25, 0.3) is 0 Å². The molecule has 0 radical (unpaired) electrons. The van der Waals surface area contributed by atoms with Crippen LogP contribution in [0.15, 0.2) is 29.2 Å². The molecule has 0 amide bonds. The van der Waals surface area contributed by atoms with Crippen molar-refractivity contribution in [3.05, 3.63) is 29.8 Å². The molecule has 0 aliphatic carbocycles. The molecule has 138 valence electrons. The number of rotatable bonds is 12. The van der Waals surface area contributed by atoms with Crippen molar-refractivity contribution in [2.75, 3.05) is 19.8 Å². The molecule has 0 bridgehead atoms. The third-order valence-corrected chi connectivity index (χ3v) is 5.52. The SMILES string of the molecule is CCCCCc1ccc(S(=O)(=O)OCCOCC(C)(C)CC)cc1. The molecule has 5 heteroatoms. The minimum Gasteiger partial charge on any atom is -0.378 e. The van der Waals surface area contributed by atoms with Crippen molar-refractivity contribution in [2.24, 2.45) is 5.41 Å². The van der Waals surface area contributed by atoms with Gasteiger partial charge in [0.05, 0.1) is 24.7 Å². The Kier molecular flexibility index (Phi) is 8.95. The van der Waals surface area contributed by atoms with E-state index in [0.29, 0.717) is 6.61 Å². The fourth-order valence-electron chi connectivity index (χ4n) is 2.12. The van der Waals surface area contributed by atoms with E-state index in [1.54, 1.807) is 12.1 Å². The van der Waals surface area contributed by atoms with Crippen LogP contribution in [-0.2, 0) is 25.5 Å². The molecule has 0 aliphatic heterocycles. The van der Waals surface area contributed by atoms with Crippen LogP contribution in [0.5, 0.6) is 0 Å². The Hall–Kier alpha value is -0.910. The number of hydrogen-bond donors (Lipinski definition) is 0. The maximum atomic E-state index is 12.1. The fraction of sp³-hybridized carbons (Fsp3) is 0.684. The van der Waals surface area contributed by atoms with E-state index in [1.807, 2.05) is 12.1 Å². The van der Waals surface area contributed by atoms with Gasteiger partial charge in [0, 0.05) is 0 Å². The number of aryl methyl sites for hydroxylation is 1. The maximum absolute atomic E-state index is 12.1. The molecule has 24 heavy (non-hydrogen) atoms. The van der Waals surface area contributed by atoms with E-state index in [0.717, 1.165) is 24.8 Å². The number of benzene rings is 1. The van der Waals surface area contributed by atoms with Crippen LogP contribution in [0.3, 0.4) is 0 Å². The van der Waals surface area contributed by atoms with E-state index < -0.39 is 10.1 Å². The lowest BCUT2D eigenvalue weighted by molar-refractivity contribution is 0.0437. The second kappa shape index (κ2) is 10.2. The zero-order chi connectivity index (χ0) is 18.1. The highest BCUT2D eigenvalue weighted by molar-refractivity contribution is 7.86. The molecule has 0 aliphatic rings. The molecule has 0 unspecified atom stereocenters. The minimum absolute atomic E-state index is 0.0420. The Labute approximate surface area is 147 Å². The zero-order valence-corrected chi connectivity index (χ0v) is 16.3. The molecule has 1 aromatic carbocycles.